The Balaban J connectivity index is 1.30. The molecule has 1 aromatic heterocycles. The van der Waals surface area contributed by atoms with E-state index >= 15 is 4.39 Å². The zero-order valence-electron chi connectivity index (χ0n) is 30.1. The number of fused-ring (bicyclic) bond motifs is 4. The highest BCUT2D eigenvalue weighted by Gasteiger charge is 2.34. The lowest BCUT2D eigenvalue weighted by molar-refractivity contribution is 0.0535. The summed E-state index contributed by atoms with van der Waals surface area (Å²) in [6.45, 7) is 15.1. The molecule has 48 heavy (non-hydrogen) atoms. The molecule has 2 bridgehead atoms. The van der Waals surface area contributed by atoms with Gasteiger partial charge >= 0.3 is 0 Å². The van der Waals surface area contributed by atoms with Crippen LogP contribution in [0.4, 0.5) is 10.2 Å². The highest BCUT2D eigenvalue weighted by Crippen LogP contribution is 2.38. The standard InChI is InChI=1S/C41H56FN5O/c1-7-12-28(4)46(24-29(5)48-6)23-27(3)13-9-18-37-44-40-36(41(45-37)47-25-32-19-20-33(26-47)43-32)22-21-35(39(40)42)34-17-11-16-31-15-10-14-30(8-2)38(31)34/h10-11,14-17,21-22,27-29,32-33,43H,7-9,12-13,18-20,23-26H2,1-6H3. The van der Waals surface area contributed by atoms with E-state index in [1.54, 1.807) is 7.11 Å². The zero-order chi connectivity index (χ0) is 33.8. The van der Waals surface area contributed by atoms with Crippen molar-refractivity contribution in [2.75, 3.05) is 38.2 Å². The maximum absolute atomic E-state index is 16.9. The van der Waals surface area contributed by atoms with E-state index in [1.165, 1.54) is 31.2 Å². The average Bonchev–Trinajstić information content (AvgIpc) is 3.44. The number of rotatable bonds is 15. The van der Waals surface area contributed by atoms with Gasteiger partial charge in [-0.25, -0.2) is 14.4 Å². The molecule has 6 rings (SSSR count). The van der Waals surface area contributed by atoms with Gasteiger partial charge < -0.3 is 15.0 Å². The van der Waals surface area contributed by atoms with Crippen LogP contribution < -0.4 is 10.2 Å². The maximum atomic E-state index is 16.9. The molecule has 258 valence electrons. The van der Waals surface area contributed by atoms with Crippen LogP contribution in [0.1, 0.15) is 84.5 Å². The number of aryl methyl sites for hydroxylation is 2. The minimum atomic E-state index is -0.241. The maximum Gasteiger partial charge on any atom is 0.157 e. The lowest BCUT2D eigenvalue weighted by Gasteiger charge is -2.34. The van der Waals surface area contributed by atoms with E-state index in [0.717, 1.165) is 85.2 Å². The van der Waals surface area contributed by atoms with Crippen molar-refractivity contribution in [3.63, 3.8) is 0 Å². The van der Waals surface area contributed by atoms with Gasteiger partial charge in [0.1, 0.15) is 17.2 Å². The number of aromatic nitrogens is 2. The number of hydrogen-bond acceptors (Lipinski definition) is 6. The number of piperazine rings is 1. The zero-order valence-corrected chi connectivity index (χ0v) is 30.1. The smallest absolute Gasteiger partial charge is 0.157 e. The molecule has 0 aliphatic carbocycles. The second-order valence-corrected chi connectivity index (χ2v) is 14.6. The molecule has 2 saturated heterocycles. The van der Waals surface area contributed by atoms with E-state index in [2.05, 4.69) is 86.1 Å². The average molecular weight is 654 g/mol. The van der Waals surface area contributed by atoms with Gasteiger partial charge in [-0.2, -0.15) is 0 Å². The predicted molar refractivity (Wildman–Crippen MR) is 198 cm³/mol. The summed E-state index contributed by atoms with van der Waals surface area (Å²) in [7, 11) is 1.80. The quantitative estimate of drug-likeness (QED) is 0.139. The fraction of sp³-hybridized carbons (Fsp3) is 0.561. The summed E-state index contributed by atoms with van der Waals surface area (Å²) < 4.78 is 22.6. The van der Waals surface area contributed by atoms with E-state index in [1.807, 2.05) is 12.1 Å². The minimum Gasteiger partial charge on any atom is -0.380 e. The van der Waals surface area contributed by atoms with Crippen LogP contribution >= 0.6 is 0 Å². The van der Waals surface area contributed by atoms with E-state index in [0.29, 0.717) is 35.1 Å². The van der Waals surface area contributed by atoms with Gasteiger partial charge in [0.05, 0.1) is 6.10 Å². The molecule has 7 heteroatoms. The third-order valence-corrected chi connectivity index (χ3v) is 10.9. The summed E-state index contributed by atoms with van der Waals surface area (Å²) in [6.07, 6.45) is 8.63. The van der Waals surface area contributed by atoms with Gasteiger partial charge in [0.2, 0.25) is 0 Å². The van der Waals surface area contributed by atoms with Gasteiger partial charge in [-0.3, -0.25) is 4.90 Å². The molecular formula is C41H56FN5O. The molecule has 0 spiro atoms. The monoisotopic (exact) mass is 653 g/mol. The van der Waals surface area contributed by atoms with Crippen molar-refractivity contribution in [3.05, 3.63) is 65.7 Å². The molecule has 5 unspecified atom stereocenters. The summed E-state index contributed by atoms with van der Waals surface area (Å²) in [5.41, 5.74) is 3.23. The first-order valence-corrected chi connectivity index (χ1v) is 18.6. The fourth-order valence-electron chi connectivity index (χ4n) is 8.20. The summed E-state index contributed by atoms with van der Waals surface area (Å²) in [6, 6.07) is 18.1. The topological polar surface area (TPSA) is 53.5 Å². The number of benzene rings is 3. The number of anilines is 1. The highest BCUT2D eigenvalue weighted by molar-refractivity contribution is 6.02. The molecule has 5 atom stereocenters. The molecular weight excluding hydrogens is 597 g/mol. The Bertz CT molecular complexity index is 1680. The molecule has 2 aliphatic heterocycles. The minimum absolute atomic E-state index is 0.211. The lowest BCUT2D eigenvalue weighted by atomic mass is 9.92. The predicted octanol–water partition coefficient (Wildman–Crippen LogP) is 8.58. The van der Waals surface area contributed by atoms with Crippen LogP contribution in [0.15, 0.2) is 48.5 Å². The highest BCUT2D eigenvalue weighted by atomic mass is 19.1. The number of hydrogen-bond donors (Lipinski definition) is 1. The molecule has 4 aromatic rings. The normalized spacial score (nSPS) is 19.8. The number of methoxy groups -OCH3 is 1. The summed E-state index contributed by atoms with van der Waals surface area (Å²) in [4.78, 5) is 15.2. The second-order valence-electron chi connectivity index (χ2n) is 14.6. The van der Waals surface area contributed by atoms with Crippen LogP contribution in [0, 0.1) is 11.7 Å². The van der Waals surface area contributed by atoms with Crippen molar-refractivity contribution < 1.29 is 9.13 Å². The number of nitrogens with one attached hydrogen (secondary N) is 1. The Morgan fingerprint density at radius 1 is 0.938 bits per heavy atom. The first-order chi connectivity index (χ1) is 23.3. The van der Waals surface area contributed by atoms with Crippen molar-refractivity contribution in [1.29, 1.82) is 0 Å². The molecule has 1 N–H and O–H groups in total. The Morgan fingerprint density at radius 2 is 1.69 bits per heavy atom. The van der Waals surface area contributed by atoms with E-state index in [-0.39, 0.29) is 11.9 Å². The van der Waals surface area contributed by atoms with Gasteiger partial charge in [0.25, 0.3) is 0 Å². The molecule has 0 amide bonds. The van der Waals surface area contributed by atoms with E-state index in [4.69, 9.17) is 14.7 Å². The molecule has 3 heterocycles. The summed E-state index contributed by atoms with van der Waals surface area (Å²) in [5, 5.41) is 6.83. The van der Waals surface area contributed by atoms with Crippen molar-refractivity contribution in [2.24, 2.45) is 5.92 Å². The van der Waals surface area contributed by atoms with Crippen molar-refractivity contribution in [2.45, 2.75) is 110 Å². The summed E-state index contributed by atoms with van der Waals surface area (Å²) in [5.74, 6) is 1.94. The third kappa shape index (κ3) is 7.54. The van der Waals surface area contributed by atoms with E-state index < -0.39 is 0 Å². The molecule has 6 nitrogen and oxygen atoms in total. The molecule has 3 aromatic carbocycles. The summed E-state index contributed by atoms with van der Waals surface area (Å²) >= 11 is 0. The van der Waals surface area contributed by atoms with Gasteiger partial charge in [-0.1, -0.05) is 69.7 Å². The first kappa shape index (κ1) is 34.7. The molecule has 0 saturated carbocycles. The van der Waals surface area contributed by atoms with Crippen LogP contribution in [0.5, 0.6) is 0 Å². The SMILES string of the molecule is CCCC(C)N(CC(C)CCCc1nc(N2CC3CCC(C2)N3)c2ccc(-c3cccc4cccc(CC)c34)c(F)c2n1)CC(C)OC. The van der Waals surface area contributed by atoms with Crippen LogP contribution in [0.2, 0.25) is 0 Å². The Kier molecular flexibility index (Phi) is 11.3. The van der Waals surface area contributed by atoms with Crippen molar-refractivity contribution in [3.8, 4) is 11.1 Å². The van der Waals surface area contributed by atoms with Crippen LogP contribution in [-0.4, -0.2) is 72.4 Å². The van der Waals surface area contributed by atoms with Gasteiger partial charge in [0, 0.05) is 68.8 Å². The Labute approximate surface area is 287 Å². The van der Waals surface area contributed by atoms with Gasteiger partial charge in [-0.05, 0) is 86.3 Å². The lowest BCUT2D eigenvalue weighted by Crippen LogP contribution is -2.51. The van der Waals surface area contributed by atoms with Crippen LogP contribution in [0.25, 0.3) is 32.8 Å². The fourth-order valence-corrected chi connectivity index (χ4v) is 8.20. The molecule has 2 fully saturated rings. The number of ether oxygens (including phenoxy) is 1. The number of nitrogens with zero attached hydrogens (tertiary/aromatic N) is 4. The third-order valence-electron chi connectivity index (χ3n) is 10.9. The van der Waals surface area contributed by atoms with Crippen LogP contribution in [-0.2, 0) is 17.6 Å². The number of halogens is 1. The largest absolute Gasteiger partial charge is 0.380 e. The van der Waals surface area contributed by atoms with E-state index in [9.17, 15) is 0 Å². The first-order valence-electron chi connectivity index (χ1n) is 18.6. The van der Waals surface area contributed by atoms with Crippen LogP contribution in [0.3, 0.4) is 0 Å². The Hall–Kier alpha value is -3.13. The van der Waals surface area contributed by atoms with Crippen molar-refractivity contribution >= 4 is 27.5 Å². The molecule has 0 radical (unpaired) electrons. The Morgan fingerprint density at radius 3 is 2.40 bits per heavy atom. The van der Waals surface area contributed by atoms with Crippen molar-refractivity contribution in [1.82, 2.24) is 20.2 Å². The van der Waals surface area contributed by atoms with Gasteiger partial charge in [-0.15, -0.1) is 0 Å². The second kappa shape index (κ2) is 15.6. The molecule has 2 aliphatic rings. The van der Waals surface area contributed by atoms with Gasteiger partial charge in [0.15, 0.2) is 5.82 Å².